The van der Waals surface area contributed by atoms with Gasteiger partial charge in [0, 0.05) is 52.1 Å². The van der Waals surface area contributed by atoms with E-state index in [9.17, 15) is 0 Å². The third-order valence-corrected chi connectivity index (χ3v) is 3.83. The molecule has 0 radical (unpaired) electrons. The first-order valence-electron chi connectivity index (χ1n) is 8.49. The molecule has 1 rings (SSSR count). The number of nitrogens with one attached hydrogen (secondary N) is 2. The van der Waals surface area contributed by atoms with Crippen LogP contribution in [0.1, 0.15) is 26.7 Å². The number of guanidine groups is 1. The Hall–Kier alpha value is -1.75. The van der Waals surface area contributed by atoms with E-state index in [1.807, 2.05) is 13.0 Å². The van der Waals surface area contributed by atoms with Gasteiger partial charge >= 0.3 is 0 Å². The van der Waals surface area contributed by atoms with Gasteiger partial charge in [-0.25, -0.2) is 0 Å². The van der Waals surface area contributed by atoms with Crippen LogP contribution in [0.5, 0.6) is 0 Å². The van der Waals surface area contributed by atoms with E-state index >= 15 is 0 Å². The quantitative estimate of drug-likeness (QED) is 0.395. The Morgan fingerprint density at radius 1 is 1.22 bits per heavy atom. The van der Waals surface area contributed by atoms with Gasteiger partial charge in [-0.1, -0.05) is 18.2 Å². The van der Waals surface area contributed by atoms with Crippen LogP contribution in [-0.2, 0) is 4.74 Å². The molecule has 1 aromatic carbocycles. The summed E-state index contributed by atoms with van der Waals surface area (Å²) < 4.78 is 5.34. The number of hydrogen-bond acceptors (Lipinski definition) is 3. The molecule has 5 nitrogen and oxygen atoms in total. The summed E-state index contributed by atoms with van der Waals surface area (Å²) >= 11 is 0. The average molecular weight is 320 g/mol. The molecule has 23 heavy (non-hydrogen) atoms. The number of aliphatic imine (C=N–C) groups is 1. The normalized spacial score (nSPS) is 12.8. The van der Waals surface area contributed by atoms with Gasteiger partial charge in [0.1, 0.15) is 0 Å². The summed E-state index contributed by atoms with van der Waals surface area (Å²) in [4.78, 5) is 6.54. The van der Waals surface area contributed by atoms with E-state index in [-0.39, 0.29) is 0 Å². The second-order valence-corrected chi connectivity index (χ2v) is 5.58. The topological polar surface area (TPSA) is 48.9 Å². The second kappa shape index (κ2) is 11.8. The number of para-hydroxylation sites is 1. The molecule has 0 fully saturated rings. The standard InChI is InChI=1S/C18H32N4O/c1-5-23-14-10-9-13-20-18(19-3)21-15-16(2)22(4)17-11-7-6-8-12-17/h6-8,11-12,16H,5,9-10,13-15H2,1-4H3,(H2,19,20,21). The van der Waals surface area contributed by atoms with Gasteiger partial charge < -0.3 is 20.3 Å². The highest BCUT2D eigenvalue weighted by Crippen LogP contribution is 2.13. The summed E-state index contributed by atoms with van der Waals surface area (Å²) in [6.07, 6.45) is 2.16. The molecule has 0 bridgehead atoms. The summed E-state index contributed by atoms with van der Waals surface area (Å²) in [5.41, 5.74) is 1.22. The zero-order valence-corrected chi connectivity index (χ0v) is 15.0. The van der Waals surface area contributed by atoms with E-state index in [2.05, 4.69) is 58.8 Å². The van der Waals surface area contributed by atoms with Crippen molar-refractivity contribution >= 4 is 11.6 Å². The van der Waals surface area contributed by atoms with Gasteiger partial charge in [-0.15, -0.1) is 0 Å². The van der Waals surface area contributed by atoms with Crippen molar-refractivity contribution in [1.82, 2.24) is 10.6 Å². The molecule has 0 aliphatic heterocycles. The van der Waals surface area contributed by atoms with Crippen molar-refractivity contribution in [3.05, 3.63) is 30.3 Å². The van der Waals surface area contributed by atoms with E-state index in [4.69, 9.17) is 4.74 Å². The second-order valence-electron chi connectivity index (χ2n) is 5.58. The number of anilines is 1. The maximum Gasteiger partial charge on any atom is 0.191 e. The lowest BCUT2D eigenvalue weighted by atomic mass is 10.2. The lowest BCUT2D eigenvalue weighted by molar-refractivity contribution is 0.143. The molecule has 0 aromatic heterocycles. The fraction of sp³-hybridized carbons (Fsp3) is 0.611. The minimum Gasteiger partial charge on any atom is -0.382 e. The molecular formula is C18H32N4O. The molecule has 2 N–H and O–H groups in total. The summed E-state index contributed by atoms with van der Waals surface area (Å²) in [5, 5.41) is 6.73. The first-order valence-corrected chi connectivity index (χ1v) is 8.49. The Labute approximate surface area is 141 Å². The molecule has 0 heterocycles. The number of likely N-dealkylation sites (N-methyl/N-ethyl adjacent to an activating group) is 1. The van der Waals surface area contributed by atoms with Crippen molar-refractivity contribution in [2.75, 3.05) is 45.3 Å². The molecule has 1 aromatic rings. The van der Waals surface area contributed by atoms with Gasteiger partial charge in [-0.3, -0.25) is 4.99 Å². The Kier molecular flexibility index (Phi) is 9.87. The first kappa shape index (κ1) is 19.3. The predicted molar refractivity (Wildman–Crippen MR) is 99.4 cm³/mol. The average Bonchev–Trinajstić information content (AvgIpc) is 2.60. The maximum atomic E-state index is 5.34. The molecular weight excluding hydrogens is 288 g/mol. The maximum absolute atomic E-state index is 5.34. The number of benzene rings is 1. The highest BCUT2D eigenvalue weighted by molar-refractivity contribution is 5.79. The molecule has 0 spiro atoms. The van der Waals surface area contributed by atoms with E-state index < -0.39 is 0 Å². The molecule has 0 aliphatic rings. The largest absolute Gasteiger partial charge is 0.382 e. The molecule has 130 valence electrons. The van der Waals surface area contributed by atoms with Crippen molar-refractivity contribution < 1.29 is 4.74 Å². The molecule has 0 saturated heterocycles. The lowest BCUT2D eigenvalue weighted by Crippen LogP contribution is -2.45. The van der Waals surface area contributed by atoms with Gasteiger partial charge in [0.15, 0.2) is 5.96 Å². The number of unbranched alkanes of at least 4 members (excludes halogenated alkanes) is 1. The van der Waals surface area contributed by atoms with Crippen LogP contribution in [0.2, 0.25) is 0 Å². The van der Waals surface area contributed by atoms with Crippen molar-refractivity contribution in [2.24, 2.45) is 4.99 Å². The monoisotopic (exact) mass is 320 g/mol. The highest BCUT2D eigenvalue weighted by Gasteiger charge is 2.10. The molecule has 1 unspecified atom stereocenters. The lowest BCUT2D eigenvalue weighted by Gasteiger charge is -2.27. The summed E-state index contributed by atoms with van der Waals surface area (Å²) in [6, 6.07) is 10.8. The molecule has 1 atom stereocenters. The van der Waals surface area contributed by atoms with Crippen molar-refractivity contribution in [3.63, 3.8) is 0 Å². The van der Waals surface area contributed by atoms with E-state index in [0.717, 1.165) is 45.1 Å². The van der Waals surface area contributed by atoms with Gasteiger partial charge in [-0.2, -0.15) is 0 Å². The van der Waals surface area contributed by atoms with Gasteiger partial charge in [0.25, 0.3) is 0 Å². The predicted octanol–water partition coefficient (Wildman–Crippen LogP) is 2.49. The first-order chi connectivity index (χ1) is 11.2. The summed E-state index contributed by atoms with van der Waals surface area (Å²) in [5.74, 6) is 0.856. The van der Waals surface area contributed by atoms with Crippen LogP contribution < -0.4 is 15.5 Å². The van der Waals surface area contributed by atoms with E-state index in [1.54, 1.807) is 7.05 Å². The van der Waals surface area contributed by atoms with E-state index in [0.29, 0.717) is 6.04 Å². The summed E-state index contributed by atoms with van der Waals surface area (Å²) in [7, 11) is 3.92. The zero-order chi connectivity index (χ0) is 16.9. The van der Waals surface area contributed by atoms with Crippen molar-refractivity contribution in [2.45, 2.75) is 32.7 Å². The Balaban J connectivity index is 2.25. The minimum atomic E-state index is 0.369. The van der Waals surface area contributed by atoms with Crippen molar-refractivity contribution in [3.8, 4) is 0 Å². The Morgan fingerprint density at radius 3 is 2.61 bits per heavy atom. The third-order valence-electron chi connectivity index (χ3n) is 3.83. The van der Waals surface area contributed by atoms with Crippen LogP contribution in [-0.4, -0.2) is 52.4 Å². The number of hydrogen-bond donors (Lipinski definition) is 2. The minimum absolute atomic E-state index is 0.369. The third kappa shape index (κ3) is 7.88. The number of rotatable bonds is 10. The number of nitrogens with zero attached hydrogens (tertiary/aromatic N) is 2. The molecule has 5 heteroatoms. The van der Waals surface area contributed by atoms with Crippen LogP contribution in [0, 0.1) is 0 Å². The Morgan fingerprint density at radius 2 is 1.96 bits per heavy atom. The van der Waals surface area contributed by atoms with Crippen LogP contribution in [0.25, 0.3) is 0 Å². The van der Waals surface area contributed by atoms with Gasteiger partial charge in [0.05, 0.1) is 0 Å². The van der Waals surface area contributed by atoms with Crippen LogP contribution in [0.4, 0.5) is 5.69 Å². The van der Waals surface area contributed by atoms with Gasteiger partial charge in [-0.05, 0) is 38.8 Å². The Bertz CT molecular complexity index is 436. The fourth-order valence-corrected chi connectivity index (χ4v) is 2.20. The zero-order valence-electron chi connectivity index (χ0n) is 15.0. The van der Waals surface area contributed by atoms with Crippen LogP contribution in [0.3, 0.4) is 0 Å². The highest BCUT2D eigenvalue weighted by atomic mass is 16.5. The molecule has 0 amide bonds. The SMILES string of the molecule is CCOCCCCNC(=NC)NCC(C)N(C)c1ccccc1. The van der Waals surface area contributed by atoms with Crippen molar-refractivity contribution in [1.29, 1.82) is 0 Å². The fourth-order valence-electron chi connectivity index (χ4n) is 2.20. The smallest absolute Gasteiger partial charge is 0.191 e. The van der Waals surface area contributed by atoms with Gasteiger partial charge in [0.2, 0.25) is 0 Å². The van der Waals surface area contributed by atoms with Crippen LogP contribution >= 0.6 is 0 Å². The molecule has 0 saturated carbocycles. The van der Waals surface area contributed by atoms with E-state index in [1.165, 1.54) is 5.69 Å². The number of ether oxygens (including phenoxy) is 1. The van der Waals surface area contributed by atoms with Crippen LogP contribution in [0.15, 0.2) is 35.3 Å². The summed E-state index contributed by atoms with van der Waals surface area (Å²) in [6.45, 7) is 7.61. The molecule has 0 aliphatic carbocycles.